The molecule has 0 aromatic carbocycles. The highest BCUT2D eigenvalue weighted by Gasteiger charge is 2.37. The maximum atomic E-state index is 10.5. The molecule has 1 aromatic heterocycles. The topological polar surface area (TPSA) is 42.4 Å². The summed E-state index contributed by atoms with van der Waals surface area (Å²) >= 11 is 0. The zero-order chi connectivity index (χ0) is 13.2. The number of nitrogens with zero attached hydrogens (tertiary/aromatic N) is 1. The average molecular weight is 249 g/mol. The number of aliphatic hydroxyl groups excluding tert-OH is 1. The minimum absolute atomic E-state index is 0.00185. The Morgan fingerprint density at radius 1 is 1.28 bits per heavy atom. The summed E-state index contributed by atoms with van der Waals surface area (Å²) in [5.41, 5.74) is 0.871. The zero-order valence-electron chi connectivity index (χ0n) is 11.5. The Balaban J connectivity index is 2.17. The standard InChI is InChI=1S/C15H23NO2/c1-11(2)18-13-8-12(9-16-10-13)14(17)15(3)6-4-5-7-15/h8-11,14,17H,4-7H2,1-3H3. The summed E-state index contributed by atoms with van der Waals surface area (Å²) in [5, 5.41) is 10.5. The zero-order valence-corrected chi connectivity index (χ0v) is 11.5. The normalized spacial score (nSPS) is 20.1. The maximum absolute atomic E-state index is 10.5. The molecule has 1 heterocycles. The van der Waals surface area contributed by atoms with E-state index in [9.17, 15) is 5.11 Å². The minimum Gasteiger partial charge on any atom is -0.489 e. The Bertz CT molecular complexity index is 397. The molecular weight excluding hydrogens is 226 g/mol. The lowest BCUT2D eigenvalue weighted by Crippen LogP contribution is -2.22. The molecule has 1 aliphatic rings. The number of rotatable bonds is 4. The molecule has 0 saturated heterocycles. The molecule has 100 valence electrons. The number of pyridine rings is 1. The Hall–Kier alpha value is -1.09. The molecule has 0 bridgehead atoms. The van der Waals surface area contributed by atoms with Gasteiger partial charge in [-0.1, -0.05) is 19.8 Å². The van der Waals surface area contributed by atoms with Gasteiger partial charge in [0.05, 0.1) is 18.4 Å². The Kier molecular flexibility index (Phi) is 3.91. The van der Waals surface area contributed by atoms with Crippen LogP contribution in [0, 0.1) is 5.41 Å². The van der Waals surface area contributed by atoms with Crippen LogP contribution in [0.15, 0.2) is 18.5 Å². The molecule has 1 N–H and O–H groups in total. The van der Waals surface area contributed by atoms with E-state index in [-0.39, 0.29) is 11.5 Å². The summed E-state index contributed by atoms with van der Waals surface area (Å²) in [6.45, 7) is 6.14. The summed E-state index contributed by atoms with van der Waals surface area (Å²) in [6.07, 6.45) is 7.73. The predicted octanol–water partition coefficient (Wildman–Crippen LogP) is 3.48. The van der Waals surface area contributed by atoms with E-state index in [1.54, 1.807) is 12.4 Å². The molecule has 0 aliphatic heterocycles. The molecule has 0 radical (unpaired) electrons. The molecule has 2 rings (SSSR count). The predicted molar refractivity (Wildman–Crippen MR) is 71.5 cm³/mol. The molecule has 1 saturated carbocycles. The highest BCUT2D eigenvalue weighted by molar-refractivity contribution is 5.26. The third-order valence-electron chi connectivity index (χ3n) is 3.83. The van der Waals surface area contributed by atoms with Gasteiger partial charge in [-0.15, -0.1) is 0 Å². The second kappa shape index (κ2) is 5.27. The number of hydrogen-bond acceptors (Lipinski definition) is 3. The van der Waals surface area contributed by atoms with Gasteiger partial charge in [0, 0.05) is 11.8 Å². The average Bonchev–Trinajstić information content (AvgIpc) is 2.76. The summed E-state index contributed by atoms with van der Waals surface area (Å²) < 4.78 is 5.63. The molecule has 0 spiro atoms. The SMILES string of the molecule is CC(C)Oc1cncc(C(O)C2(C)CCCC2)c1. The highest BCUT2D eigenvalue weighted by Crippen LogP contribution is 2.47. The fraction of sp³-hybridized carbons (Fsp3) is 0.667. The van der Waals surface area contributed by atoms with Crippen LogP contribution in [0.2, 0.25) is 0 Å². The van der Waals surface area contributed by atoms with Crippen molar-refractivity contribution < 1.29 is 9.84 Å². The van der Waals surface area contributed by atoms with Crippen molar-refractivity contribution in [2.45, 2.75) is 58.7 Å². The number of aromatic nitrogens is 1. The molecule has 1 aliphatic carbocycles. The van der Waals surface area contributed by atoms with Gasteiger partial charge in [0.25, 0.3) is 0 Å². The largest absolute Gasteiger partial charge is 0.489 e. The van der Waals surface area contributed by atoms with Crippen molar-refractivity contribution in [2.24, 2.45) is 5.41 Å². The van der Waals surface area contributed by atoms with E-state index in [2.05, 4.69) is 11.9 Å². The Morgan fingerprint density at radius 2 is 1.94 bits per heavy atom. The second-order valence-corrected chi connectivity index (χ2v) is 5.88. The van der Waals surface area contributed by atoms with Crippen LogP contribution >= 0.6 is 0 Å². The first-order valence-electron chi connectivity index (χ1n) is 6.81. The molecular formula is C15H23NO2. The van der Waals surface area contributed by atoms with Crippen molar-refractivity contribution in [1.29, 1.82) is 0 Å². The van der Waals surface area contributed by atoms with Gasteiger partial charge in [-0.05, 0) is 38.2 Å². The van der Waals surface area contributed by atoms with Crippen LogP contribution in [-0.4, -0.2) is 16.2 Å². The van der Waals surface area contributed by atoms with E-state index in [4.69, 9.17) is 4.74 Å². The minimum atomic E-state index is -0.441. The van der Waals surface area contributed by atoms with Crippen LogP contribution in [0.25, 0.3) is 0 Å². The maximum Gasteiger partial charge on any atom is 0.138 e. The lowest BCUT2D eigenvalue weighted by Gasteiger charge is -2.30. The highest BCUT2D eigenvalue weighted by atomic mass is 16.5. The summed E-state index contributed by atoms with van der Waals surface area (Å²) in [4.78, 5) is 4.18. The van der Waals surface area contributed by atoms with E-state index in [0.29, 0.717) is 0 Å². The Morgan fingerprint density at radius 3 is 2.56 bits per heavy atom. The molecule has 1 unspecified atom stereocenters. The molecule has 0 amide bonds. The van der Waals surface area contributed by atoms with Crippen LogP contribution in [0.1, 0.15) is 58.1 Å². The van der Waals surface area contributed by atoms with E-state index < -0.39 is 6.10 Å². The van der Waals surface area contributed by atoms with Gasteiger partial charge in [-0.2, -0.15) is 0 Å². The molecule has 1 aromatic rings. The summed E-state index contributed by atoms with van der Waals surface area (Å²) in [5.74, 6) is 0.739. The van der Waals surface area contributed by atoms with Crippen molar-refractivity contribution in [1.82, 2.24) is 4.98 Å². The smallest absolute Gasteiger partial charge is 0.138 e. The van der Waals surface area contributed by atoms with Crippen LogP contribution in [-0.2, 0) is 0 Å². The van der Waals surface area contributed by atoms with Crippen LogP contribution < -0.4 is 4.74 Å². The first kappa shape index (κ1) is 13.3. The van der Waals surface area contributed by atoms with E-state index in [1.165, 1.54) is 12.8 Å². The van der Waals surface area contributed by atoms with Gasteiger partial charge >= 0.3 is 0 Å². The number of aliphatic hydroxyl groups is 1. The third kappa shape index (κ3) is 2.83. The lowest BCUT2D eigenvalue weighted by atomic mass is 9.80. The summed E-state index contributed by atoms with van der Waals surface area (Å²) in [6, 6.07) is 1.92. The number of hydrogen-bond donors (Lipinski definition) is 1. The molecule has 3 nitrogen and oxygen atoms in total. The molecule has 1 fully saturated rings. The molecule has 18 heavy (non-hydrogen) atoms. The van der Waals surface area contributed by atoms with E-state index in [1.807, 2.05) is 19.9 Å². The lowest BCUT2D eigenvalue weighted by molar-refractivity contribution is 0.0402. The van der Waals surface area contributed by atoms with Crippen LogP contribution in [0.4, 0.5) is 0 Å². The third-order valence-corrected chi connectivity index (χ3v) is 3.83. The van der Waals surface area contributed by atoms with Gasteiger partial charge in [-0.3, -0.25) is 4.98 Å². The van der Waals surface area contributed by atoms with Gasteiger partial charge in [0.15, 0.2) is 0 Å². The van der Waals surface area contributed by atoms with Crippen LogP contribution in [0.3, 0.4) is 0 Å². The van der Waals surface area contributed by atoms with Gasteiger partial charge in [0.1, 0.15) is 5.75 Å². The van der Waals surface area contributed by atoms with Crippen molar-refractivity contribution in [3.8, 4) is 5.75 Å². The van der Waals surface area contributed by atoms with Crippen molar-refractivity contribution in [3.05, 3.63) is 24.0 Å². The second-order valence-electron chi connectivity index (χ2n) is 5.88. The van der Waals surface area contributed by atoms with Crippen LogP contribution in [0.5, 0.6) is 5.75 Å². The molecule has 3 heteroatoms. The van der Waals surface area contributed by atoms with Gasteiger partial charge in [0.2, 0.25) is 0 Å². The van der Waals surface area contributed by atoms with Crippen molar-refractivity contribution >= 4 is 0 Å². The Labute approximate surface area is 109 Å². The van der Waals surface area contributed by atoms with Gasteiger partial charge < -0.3 is 9.84 Å². The summed E-state index contributed by atoms with van der Waals surface area (Å²) in [7, 11) is 0. The first-order chi connectivity index (χ1) is 8.51. The van der Waals surface area contributed by atoms with E-state index in [0.717, 1.165) is 24.2 Å². The first-order valence-corrected chi connectivity index (χ1v) is 6.81. The van der Waals surface area contributed by atoms with E-state index >= 15 is 0 Å². The van der Waals surface area contributed by atoms with Crippen molar-refractivity contribution in [2.75, 3.05) is 0 Å². The monoisotopic (exact) mass is 249 g/mol. The fourth-order valence-electron chi connectivity index (χ4n) is 2.78. The fourth-order valence-corrected chi connectivity index (χ4v) is 2.78. The molecule has 1 atom stereocenters. The quantitative estimate of drug-likeness (QED) is 0.888. The number of ether oxygens (including phenoxy) is 1. The van der Waals surface area contributed by atoms with Gasteiger partial charge in [-0.25, -0.2) is 0 Å². The van der Waals surface area contributed by atoms with Crippen molar-refractivity contribution in [3.63, 3.8) is 0 Å².